The van der Waals surface area contributed by atoms with E-state index in [2.05, 4.69) is 4.98 Å². The van der Waals surface area contributed by atoms with Gasteiger partial charge in [0.1, 0.15) is 0 Å². The van der Waals surface area contributed by atoms with Crippen molar-refractivity contribution in [2.45, 2.75) is 17.8 Å². The monoisotopic (exact) mass is 379 g/mol. The van der Waals surface area contributed by atoms with Crippen molar-refractivity contribution >= 4 is 0 Å². The van der Waals surface area contributed by atoms with Gasteiger partial charge in [-0.25, -0.2) is 0 Å². The van der Waals surface area contributed by atoms with Crippen molar-refractivity contribution in [2.24, 2.45) is 0 Å². The Kier molecular flexibility index (Phi) is 3.63. The van der Waals surface area contributed by atoms with Gasteiger partial charge in [-0.2, -0.15) is 26.3 Å². The zero-order chi connectivity index (χ0) is 19.4. The molecule has 3 aromatic rings. The van der Waals surface area contributed by atoms with E-state index in [4.69, 9.17) is 0 Å². The molecule has 1 heterocycles. The highest BCUT2D eigenvalue weighted by atomic mass is 19.4. The fraction of sp³-hybridized carbons (Fsp3) is 0.150. The molecule has 0 atom stereocenters. The number of alkyl halides is 6. The molecule has 27 heavy (non-hydrogen) atoms. The van der Waals surface area contributed by atoms with E-state index in [0.717, 1.165) is 12.1 Å². The maximum atomic E-state index is 14.0. The van der Waals surface area contributed by atoms with Crippen LogP contribution in [-0.4, -0.2) is 17.3 Å². The van der Waals surface area contributed by atoms with Gasteiger partial charge >= 0.3 is 12.4 Å². The van der Waals surface area contributed by atoms with Gasteiger partial charge in [-0.05, 0) is 40.5 Å². The Morgan fingerprint density at radius 1 is 0.667 bits per heavy atom. The topological polar surface area (TPSA) is 12.9 Å². The smallest absolute Gasteiger partial charge is 0.256 e. The van der Waals surface area contributed by atoms with Crippen molar-refractivity contribution < 1.29 is 26.3 Å². The van der Waals surface area contributed by atoms with Crippen molar-refractivity contribution in [2.75, 3.05) is 0 Å². The summed E-state index contributed by atoms with van der Waals surface area (Å²) in [5.74, 6) is 0. The minimum atomic E-state index is -5.54. The molecule has 138 valence electrons. The highest BCUT2D eigenvalue weighted by Crippen LogP contribution is 2.63. The van der Waals surface area contributed by atoms with Crippen LogP contribution in [0.1, 0.15) is 11.1 Å². The molecule has 1 aliphatic rings. The molecule has 0 radical (unpaired) electrons. The molecule has 0 saturated carbocycles. The maximum Gasteiger partial charge on any atom is 0.411 e. The summed E-state index contributed by atoms with van der Waals surface area (Å²) in [5.41, 5.74) is -4.88. The number of aromatic nitrogens is 1. The molecule has 7 heteroatoms. The second-order valence-corrected chi connectivity index (χ2v) is 6.27. The van der Waals surface area contributed by atoms with E-state index in [1.807, 2.05) is 0 Å². The number of hydrogen-bond acceptors (Lipinski definition) is 1. The molecule has 2 aromatic carbocycles. The summed E-state index contributed by atoms with van der Waals surface area (Å²) in [6.45, 7) is 0. The van der Waals surface area contributed by atoms with Crippen molar-refractivity contribution in [3.63, 3.8) is 0 Å². The molecule has 0 fully saturated rings. The van der Waals surface area contributed by atoms with E-state index < -0.39 is 28.9 Å². The number of hydrogen-bond donors (Lipinski definition) is 0. The average molecular weight is 379 g/mol. The summed E-state index contributed by atoms with van der Waals surface area (Å²) in [4.78, 5) is 4.12. The summed E-state index contributed by atoms with van der Waals surface area (Å²) in [5, 5.41) is 0. The summed E-state index contributed by atoms with van der Waals surface area (Å²) >= 11 is 0. The maximum absolute atomic E-state index is 14.0. The van der Waals surface area contributed by atoms with E-state index in [9.17, 15) is 26.3 Å². The van der Waals surface area contributed by atoms with Crippen LogP contribution < -0.4 is 0 Å². The van der Waals surface area contributed by atoms with Crippen LogP contribution in [0, 0.1) is 0 Å². The Hall–Kier alpha value is -2.83. The third kappa shape index (κ3) is 2.30. The largest absolute Gasteiger partial charge is 0.411 e. The predicted octanol–water partition coefficient (Wildman–Crippen LogP) is 6.14. The van der Waals surface area contributed by atoms with Crippen molar-refractivity contribution in [3.05, 3.63) is 78.0 Å². The van der Waals surface area contributed by atoms with Gasteiger partial charge in [0.15, 0.2) is 0 Å². The third-order valence-electron chi connectivity index (χ3n) is 4.86. The van der Waals surface area contributed by atoms with Gasteiger partial charge in [-0.3, -0.25) is 4.98 Å². The van der Waals surface area contributed by atoms with E-state index in [1.165, 1.54) is 36.5 Å². The molecule has 0 saturated heterocycles. The van der Waals surface area contributed by atoms with Crippen LogP contribution >= 0.6 is 0 Å². The Bertz CT molecular complexity index is 991. The number of pyridine rings is 1. The Morgan fingerprint density at radius 3 is 1.93 bits per heavy atom. The number of fused-ring (bicyclic) bond motifs is 3. The Balaban J connectivity index is 2.08. The second-order valence-electron chi connectivity index (χ2n) is 6.27. The molecule has 0 unspecified atom stereocenters. The first kappa shape index (κ1) is 17.6. The van der Waals surface area contributed by atoms with Crippen LogP contribution in [0.5, 0.6) is 0 Å². The number of halogens is 6. The van der Waals surface area contributed by atoms with Crippen molar-refractivity contribution in [3.8, 4) is 22.4 Å². The molecule has 0 amide bonds. The Morgan fingerprint density at radius 2 is 1.30 bits per heavy atom. The fourth-order valence-corrected chi connectivity index (χ4v) is 3.75. The molecular weight excluding hydrogens is 368 g/mol. The molecule has 1 aromatic heterocycles. The molecule has 0 N–H and O–H groups in total. The first-order valence-corrected chi connectivity index (χ1v) is 7.97. The lowest BCUT2D eigenvalue weighted by molar-refractivity contribution is -0.287. The van der Waals surface area contributed by atoms with Crippen molar-refractivity contribution in [1.82, 2.24) is 4.98 Å². The van der Waals surface area contributed by atoms with Gasteiger partial charge < -0.3 is 0 Å². The van der Waals surface area contributed by atoms with Crippen LogP contribution in [-0.2, 0) is 5.41 Å². The lowest BCUT2D eigenvalue weighted by atomic mass is 9.76. The molecule has 0 aliphatic heterocycles. The van der Waals surface area contributed by atoms with E-state index >= 15 is 0 Å². The first-order chi connectivity index (χ1) is 12.7. The lowest BCUT2D eigenvalue weighted by Crippen LogP contribution is -2.53. The SMILES string of the molecule is FC(F)(F)C1(C(F)(F)F)c2ccccc2-c2cc(-c3ccccn3)ccc21. The molecule has 0 spiro atoms. The van der Waals surface area contributed by atoms with Crippen LogP contribution in [0.2, 0.25) is 0 Å². The average Bonchev–Trinajstić information content (AvgIpc) is 2.93. The van der Waals surface area contributed by atoms with Crippen molar-refractivity contribution in [1.29, 1.82) is 0 Å². The zero-order valence-electron chi connectivity index (χ0n) is 13.6. The molecule has 1 aliphatic carbocycles. The molecule has 0 bridgehead atoms. The summed E-state index contributed by atoms with van der Waals surface area (Å²) < 4.78 is 83.8. The molecule has 4 rings (SSSR count). The summed E-state index contributed by atoms with van der Waals surface area (Å²) in [6.07, 6.45) is -9.58. The zero-order valence-corrected chi connectivity index (χ0v) is 13.6. The Labute approximate surface area is 150 Å². The summed E-state index contributed by atoms with van der Waals surface area (Å²) in [6, 6.07) is 13.3. The molecular formula is C20H11F6N. The van der Waals surface area contributed by atoms with Gasteiger partial charge in [-0.15, -0.1) is 0 Å². The van der Waals surface area contributed by atoms with Crippen LogP contribution in [0.3, 0.4) is 0 Å². The van der Waals surface area contributed by atoms with Gasteiger partial charge in [0.05, 0.1) is 5.69 Å². The minimum absolute atomic E-state index is 0.0695. The van der Waals surface area contributed by atoms with Gasteiger partial charge in [0.2, 0.25) is 5.41 Å². The normalized spacial score (nSPS) is 15.3. The van der Waals surface area contributed by atoms with Crippen LogP contribution in [0.4, 0.5) is 26.3 Å². The van der Waals surface area contributed by atoms with Crippen LogP contribution in [0.15, 0.2) is 66.9 Å². The molecule has 1 nitrogen and oxygen atoms in total. The van der Waals surface area contributed by atoms with E-state index in [0.29, 0.717) is 11.3 Å². The third-order valence-corrected chi connectivity index (χ3v) is 4.86. The first-order valence-electron chi connectivity index (χ1n) is 7.97. The van der Waals surface area contributed by atoms with E-state index in [1.54, 1.807) is 18.2 Å². The number of benzene rings is 2. The minimum Gasteiger partial charge on any atom is -0.256 e. The van der Waals surface area contributed by atoms with Gasteiger partial charge in [-0.1, -0.05) is 42.5 Å². The van der Waals surface area contributed by atoms with Gasteiger partial charge in [0, 0.05) is 11.8 Å². The number of rotatable bonds is 1. The quantitative estimate of drug-likeness (QED) is 0.463. The highest BCUT2D eigenvalue weighted by Gasteiger charge is 2.75. The van der Waals surface area contributed by atoms with Crippen LogP contribution in [0.25, 0.3) is 22.4 Å². The predicted molar refractivity (Wildman–Crippen MR) is 88.0 cm³/mol. The fourth-order valence-electron chi connectivity index (χ4n) is 3.75. The lowest BCUT2D eigenvalue weighted by Gasteiger charge is -2.35. The second kappa shape index (κ2) is 5.58. The summed E-state index contributed by atoms with van der Waals surface area (Å²) in [7, 11) is 0. The number of nitrogens with zero attached hydrogens (tertiary/aromatic N) is 1. The van der Waals surface area contributed by atoms with Gasteiger partial charge in [0.25, 0.3) is 0 Å². The highest BCUT2D eigenvalue weighted by molar-refractivity contribution is 5.85. The van der Waals surface area contributed by atoms with E-state index in [-0.39, 0.29) is 11.1 Å². The standard InChI is InChI=1S/C20H11F6N/c21-19(22,23)18(20(24,25)26)15-6-2-1-5-13(15)14-11-12(8-9-16(14)18)17-7-3-4-10-27-17/h1-11H.